The van der Waals surface area contributed by atoms with E-state index >= 15 is 0 Å². The fourth-order valence-corrected chi connectivity index (χ4v) is 3.37. The number of likely N-dealkylation sites (tertiary alicyclic amines) is 1. The van der Waals surface area contributed by atoms with Gasteiger partial charge >= 0.3 is 5.97 Å². The molecule has 0 aromatic heterocycles. The SMILES string of the molecule is CC1CC(C(=O)O)CCN1CC1Cc2cc(F)ccc2O1. The number of halogens is 1. The summed E-state index contributed by atoms with van der Waals surface area (Å²) in [6.07, 6.45) is 2.13. The van der Waals surface area contributed by atoms with E-state index in [-0.39, 0.29) is 23.9 Å². The Morgan fingerprint density at radius 1 is 1.52 bits per heavy atom. The molecule has 1 fully saturated rings. The lowest BCUT2D eigenvalue weighted by molar-refractivity contribution is -0.144. The van der Waals surface area contributed by atoms with Gasteiger partial charge < -0.3 is 9.84 Å². The van der Waals surface area contributed by atoms with Crippen molar-refractivity contribution in [1.29, 1.82) is 0 Å². The first-order valence-electron chi connectivity index (χ1n) is 7.45. The van der Waals surface area contributed by atoms with Gasteiger partial charge in [0.05, 0.1) is 5.92 Å². The van der Waals surface area contributed by atoms with E-state index < -0.39 is 5.97 Å². The molecule has 1 aromatic carbocycles. The van der Waals surface area contributed by atoms with Crippen molar-refractivity contribution in [2.45, 2.75) is 38.3 Å². The van der Waals surface area contributed by atoms with Crippen LogP contribution in [0.1, 0.15) is 25.3 Å². The minimum atomic E-state index is -0.693. The first-order chi connectivity index (χ1) is 10.0. The van der Waals surface area contributed by atoms with Crippen LogP contribution in [0.25, 0.3) is 0 Å². The molecule has 3 rings (SSSR count). The smallest absolute Gasteiger partial charge is 0.306 e. The summed E-state index contributed by atoms with van der Waals surface area (Å²) in [5.74, 6) is -0.378. The van der Waals surface area contributed by atoms with Gasteiger partial charge in [0.15, 0.2) is 0 Å². The Kier molecular flexibility index (Phi) is 3.85. The molecule has 4 nitrogen and oxygen atoms in total. The predicted octanol–water partition coefficient (Wildman–Crippen LogP) is 2.31. The van der Waals surface area contributed by atoms with E-state index in [2.05, 4.69) is 11.8 Å². The maximum Gasteiger partial charge on any atom is 0.306 e. The zero-order chi connectivity index (χ0) is 15.0. The summed E-state index contributed by atoms with van der Waals surface area (Å²) in [5, 5.41) is 9.09. The molecule has 2 aliphatic heterocycles. The quantitative estimate of drug-likeness (QED) is 0.929. The maximum absolute atomic E-state index is 13.2. The molecule has 3 unspecified atom stereocenters. The standard InChI is InChI=1S/C16H20FNO3/c1-10-6-11(16(19)20)4-5-18(10)9-14-8-12-7-13(17)2-3-15(12)21-14/h2-3,7,10-11,14H,4-6,8-9H2,1H3,(H,19,20). The van der Waals surface area contributed by atoms with Crippen LogP contribution in [0.3, 0.4) is 0 Å². The molecule has 0 aliphatic carbocycles. The van der Waals surface area contributed by atoms with Crippen molar-refractivity contribution in [3.05, 3.63) is 29.6 Å². The molecule has 0 spiro atoms. The molecule has 1 aromatic rings. The number of nitrogens with zero attached hydrogens (tertiary/aromatic N) is 1. The Morgan fingerprint density at radius 2 is 2.33 bits per heavy atom. The van der Waals surface area contributed by atoms with Gasteiger partial charge in [-0.3, -0.25) is 9.69 Å². The summed E-state index contributed by atoms with van der Waals surface area (Å²) >= 11 is 0. The number of piperidine rings is 1. The van der Waals surface area contributed by atoms with Crippen molar-refractivity contribution < 1.29 is 19.0 Å². The zero-order valence-electron chi connectivity index (χ0n) is 12.1. The maximum atomic E-state index is 13.2. The number of carboxylic acid groups (broad SMARTS) is 1. The lowest BCUT2D eigenvalue weighted by Crippen LogP contribution is -2.46. The van der Waals surface area contributed by atoms with Crippen LogP contribution in [0.5, 0.6) is 5.75 Å². The van der Waals surface area contributed by atoms with E-state index in [4.69, 9.17) is 9.84 Å². The second-order valence-electron chi connectivity index (χ2n) is 6.10. The molecule has 21 heavy (non-hydrogen) atoms. The third kappa shape index (κ3) is 3.02. The highest BCUT2D eigenvalue weighted by Gasteiger charge is 2.33. The monoisotopic (exact) mass is 293 g/mol. The lowest BCUT2D eigenvalue weighted by atomic mass is 9.91. The van der Waals surface area contributed by atoms with Gasteiger partial charge in [-0.05, 0) is 44.5 Å². The molecule has 0 bridgehead atoms. The number of benzene rings is 1. The third-order valence-corrected chi connectivity index (χ3v) is 4.56. The molecule has 2 aliphatic rings. The number of aliphatic carboxylic acids is 1. The molecular formula is C16H20FNO3. The predicted molar refractivity (Wildman–Crippen MR) is 75.9 cm³/mol. The Labute approximate surface area is 123 Å². The third-order valence-electron chi connectivity index (χ3n) is 4.56. The Bertz CT molecular complexity index is 548. The van der Waals surface area contributed by atoms with Crippen molar-refractivity contribution in [2.75, 3.05) is 13.1 Å². The van der Waals surface area contributed by atoms with Gasteiger partial charge in [-0.25, -0.2) is 4.39 Å². The van der Waals surface area contributed by atoms with Crippen LogP contribution in [-0.2, 0) is 11.2 Å². The van der Waals surface area contributed by atoms with Crippen LogP contribution in [0, 0.1) is 11.7 Å². The minimum Gasteiger partial charge on any atom is -0.488 e. The topological polar surface area (TPSA) is 49.8 Å². The minimum absolute atomic E-state index is 0.0330. The van der Waals surface area contributed by atoms with Gasteiger partial charge in [-0.15, -0.1) is 0 Å². The summed E-state index contributed by atoms with van der Waals surface area (Å²) < 4.78 is 19.1. The van der Waals surface area contributed by atoms with Crippen LogP contribution >= 0.6 is 0 Å². The number of hydrogen-bond acceptors (Lipinski definition) is 3. The second kappa shape index (κ2) is 5.64. The average molecular weight is 293 g/mol. The number of carbonyl (C=O) groups is 1. The molecule has 114 valence electrons. The van der Waals surface area contributed by atoms with Crippen LogP contribution < -0.4 is 4.74 Å². The summed E-state index contributed by atoms with van der Waals surface area (Å²) in [7, 11) is 0. The van der Waals surface area contributed by atoms with E-state index in [1.807, 2.05) is 0 Å². The van der Waals surface area contributed by atoms with Crippen LogP contribution in [0.15, 0.2) is 18.2 Å². The normalized spacial score (nSPS) is 29.0. The van der Waals surface area contributed by atoms with Gasteiger partial charge in [-0.1, -0.05) is 0 Å². The Hall–Kier alpha value is -1.62. The second-order valence-corrected chi connectivity index (χ2v) is 6.10. The molecule has 2 heterocycles. The fourth-order valence-electron chi connectivity index (χ4n) is 3.37. The molecule has 1 N–H and O–H groups in total. The van der Waals surface area contributed by atoms with Crippen molar-refractivity contribution in [1.82, 2.24) is 4.90 Å². The van der Waals surface area contributed by atoms with E-state index in [1.165, 1.54) is 12.1 Å². The first kappa shape index (κ1) is 14.3. The zero-order valence-corrected chi connectivity index (χ0v) is 12.1. The molecular weight excluding hydrogens is 273 g/mol. The highest BCUT2D eigenvalue weighted by atomic mass is 19.1. The van der Waals surface area contributed by atoms with Gasteiger partial charge in [0.2, 0.25) is 0 Å². The average Bonchev–Trinajstić information content (AvgIpc) is 2.82. The summed E-state index contributed by atoms with van der Waals surface area (Å²) in [6.45, 7) is 3.61. The fraction of sp³-hybridized carbons (Fsp3) is 0.562. The van der Waals surface area contributed by atoms with E-state index in [1.54, 1.807) is 6.07 Å². The van der Waals surface area contributed by atoms with Crippen molar-refractivity contribution in [2.24, 2.45) is 5.92 Å². The number of hydrogen-bond donors (Lipinski definition) is 1. The Morgan fingerprint density at radius 3 is 3.05 bits per heavy atom. The molecule has 0 radical (unpaired) electrons. The van der Waals surface area contributed by atoms with Crippen LogP contribution in [0.2, 0.25) is 0 Å². The van der Waals surface area contributed by atoms with E-state index in [0.29, 0.717) is 12.8 Å². The van der Waals surface area contributed by atoms with Gasteiger partial charge in [-0.2, -0.15) is 0 Å². The van der Waals surface area contributed by atoms with Gasteiger partial charge in [0.25, 0.3) is 0 Å². The Balaban J connectivity index is 1.58. The highest BCUT2D eigenvalue weighted by molar-refractivity contribution is 5.70. The first-order valence-corrected chi connectivity index (χ1v) is 7.45. The van der Waals surface area contributed by atoms with Crippen molar-refractivity contribution >= 4 is 5.97 Å². The van der Waals surface area contributed by atoms with E-state index in [0.717, 1.165) is 30.8 Å². The number of fused-ring (bicyclic) bond motifs is 1. The largest absolute Gasteiger partial charge is 0.488 e. The molecule has 5 heteroatoms. The van der Waals surface area contributed by atoms with Gasteiger partial charge in [0, 0.05) is 24.6 Å². The van der Waals surface area contributed by atoms with Crippen LogP contribution in [0.4, 0.5) is 4.39 Å². The van der Waals surface area contributed by atoms with Crippen molar-refractivity contribution in [3.8, 4) is 5.75 Å². The number of ether oxygens (including phenoxy) is 1. The number of rotatable bonds is 3. The lowest BCUT2D eigenvalue weighted by Gasteiger charge is -2.37. The number of carboxylic acids is 1. The molecule has 1 saturated heterocycles. The van der Waals surface area contributed by atoms with Crippen LogP contribution in [-0.4, -0.2) is 41.2 Å². The molecule has 0 saturated carbocycles. The van der Waals surface area contributed by atoms with Crippen molar-refractivity contribution in [3.63, 3.8) is 0 Å². The summed E-state index contributed by atoms with van der Waals surface area (Å²) in [6, 6.07) is 4.88. The van der Waals surface area contributed by atoms with E-state index in [9.17, 15) is 9.18 Å². The summed E-state index contributed by atoms with van der Waals surface area (Å²) in [5.41, 5.74) is 0.924. The molecule has 3 atom stereocenters. The highest BCUT2D eigenvalue weighted by Crippen LogP contribution is 2.31. The summed E-state index contributed by atoms with van der Waals surface area (Å²) in [4.78, 5) is 13.3. The molecule has 0 amide bonds. The van der Waals surface area contributed by atoms with Gasteiger partial charge in [0.1, 0.15) is 17.7 Å².